The Morgan fingerprint density at radius 2 is 1.58 bits per heavy atom. The average Bonchev–Trinajstić information content (AvgIpc) is 2.46. The van der Waals surface area contributed by atoms with E-state index in [-0.39, 0.29) is 0 Å². The molecular formula is C16H21NO2. The second-order valence-corrected chi connectivity index (χ2v) is 4.35. The van der Waals surface area contributed by atoms with Crippen molar-refractivity contribution in [2.75, 3.05) is 19.8 Å². The molecule has 0 radical (unpaired) electrons. The van der Waals surface area contributed by atoms with Gasteiger partial charge in [-0.1, -0.05) is 42.5 Å². The first kappa shape index (κ1) is 14.0. The van der Waals surface area contributed by atoms with Gasteiger partial charge in [0, 0.05) is 18.8 Å². The van der Waals surface area contributed by atoms with Crippen LogP contribution >= 0.6 is 0 Å². The average molecular weight is 259 g/mol. The van der Waals surface area contributed by atoms with E-state index in [2.05, 4.69) is 18.2 Å². The maximum absolute atomic E-state index is 5.95. The quantitative estimate of drug-likeness (QED) is 0.811. The number of rotatable bonds is 6. The van der Waals surface area contributed by atoms with Gasteiger partial charge in [0.2, 0.25) is 5.79 Å². The van der Waals surface area contributed by atoms with Crippen LogP contribution in [0.3, 0.4) is 0 Å². The second-order valence-electron chi connectivity index (χ2n) is 4.35. The predicted molar refractivity (Wildman–Crippen MR) is 77.9 cm³/mol. The molecule has 3 nitrogen and oxygen atoms in total. The number of benzene rings is 2. The van der Waals surface area contributed by atoms with Crippen molar-refractivity contribution in [1.29, 1.82) is 0 Å². The molecule has 0 saturated heterocycles. The van der Waals surface area contributed by atoms with E-state index in [1.54, 1.807) is 0 Å². The molecule has 0 bridgehead atoms. The number of hydrogen-bond acceptors (Lipinski definition) is 3. The van der Waals surface area contributed by atoms with Gasteiger partial charge in [-0.25, -0.2) is 0 Å². The van der Waals surface area contributed by atoms with Crippen molar-refractivity contribution < 1.29 is 9.47 Å². The van der Waals surface area contributed by atoms with Crippen LogP contribution < -0.4 is 5.73 Å². The Bertz CT molecular complexity index is 528. The molecule has 0 aliphatic carbocycles. The van der Waals surface area contributed by atoms with Crippen LogP contribution in [0.2, 0.25) is 0 Å². The lowest BCUT2D eigenvalue weighted by Crippen LogP contribution is -2.41. The smallest absolute Gasteiger partial charge is 0.208 e. The van der Waals surface area contributed by atoms with E-state index in [1.165, 1.54) is 0 Å². The van der Waals surface area contributed by atoms with Gasteiger partial charge in [-0.05, 0) is 24.6 Å². The summed E-state index contributed by atoms with van der Waals surface area (Å²) in [5.74, 6) is -0.857. The normalized spacial score (nSPS) is 11.9. The molecule has 0 heterocycles. The lowest BCUT2D eigenvalue weighted by molar-refractivity contribution is -0.234. The monoisotopic (exact) mass is 259 g/mol. The highest BCUT2D eigenvalue weighted by Gasteiger charge is 2.33. The van der Waals surface area contributed by atoms with Gasteiger partial charge in [0.15, 0.2) is 0 Å². The highest BCUT2D eigenvalue weighted by atomic mass is 16.7. The molecule has 2 rings (SSSR count). The van der Waals surface area contributed by atoms with Gasteiger partial charge in [-0.2, -0.15) is 0 Å². The summed E-state index contributed by atoms with van der Waals surface area (Å²) in [5.41, 5.74) is 6.95. The predicted octanol–water partition coefficient (Wildman–Crippen LogP) is 3.02. The fourth-order valence-corrected chi connectivity index (χ4v) is 2.45. The fraction of sp³-hybridized carbons (Fsp3) is 0.375. The molecular weight excluding hydrogens is 238 g/mol. The number of hydrogen-bond donors (Lipinski definition) is 1. The zero-order valence-electron chi connectivity index (χ0n) is 11.6. The summed E-state index contributed by atoms with van der Waals surface area (Å²) in [4.78, 5) is 0. The Morgan fingerprint density at radius 3 is 2.21 bits per heavy atom. The largest absolute Gasteiger partial charge is 0.345 e. The van der Waals surface area contributed by atoms with Crippen molar-refractivity contribution in [2.45, 2.75) is 19.6 Å². The van der Waals surface area contributed by atoms with E-state index in [9.17, 15) is 0 Å². The molecule has 0 fully saturated rings. The van der Waals surface area contributed by atoms with Gasteiger partial charge in [0.05, 0.1) is 6.54 Å². The molecule has 19 heavy (non-hydrogen) atoms. The fourth-order valence-electron chi connectivity index (χ4n) is 2.45. The summed E-state index contributed by atoms with van der Waals surface area (Å²) >= 11 is 0. The molecule has 102 valence electrons. The maximum atomic E-state index is 5.95. The maximum Gasteiger partial charge on any atom is 0.208 e. The molecule has 0 aliphatic rings. The van der Waals surface area contributed by atoms with Crippen LogP contribution in [0.4, 0.5) is 0 Å². The summed E-state index contributed by atoms with van der Waals surface area (Å²) in [7, 11) is 0. The first-order valence-electron chi connectivity index (χ1n) is 6.73. The van der Waals surface area contributed by atoms with Crippen LogP contribution in [0.5, 0.6) is 0 Å². The Balaban J connectivity index is 2.61. The Labute approximate surface area is 114 Å². The number of ether oxygens (including phenoxy) is 2. The molecule has 3 heteroatoms. The van der Waals surface area contributed by atoms with Crippen LogP contribution in [-0.4, -0.2) is 19.8 Å². The second kappa shape index (κ2) is 6.15. The standard InChI is InChI=1S/C16H21NO2/c1-3-18-16(12-17,19-4-2)15-11-7-9-13-8-5-6-10-14(13)15/h5-11H,3-4,12,17H2,1-2H3. The topological polar surface area (TPSA) is 44.5 Å². The van der Waals surface area contributed by atoms with Crippen LogP contribution in [0.1, 0.15) is 19.4 Å². The van der Waals surface area contributed by atoms with Crippen molar-refractivity contribution in [3.8, 4) is 0 Å². The van der Waals surface area contributed by atoms with Gasteiger partial charge >= 0.3 is 0 Å². The van der Waals surface area contributed by atoms with Gasteiger partial charge in [0.1, 0.15) is 0 Å². The molecule has 2 aromatic carbocycles. The Morgan fingerprint density at radius 1 is 0.947 bits per heavy atom. The highest BCUT2D eigenvalue weighted by molar-refractivity contribution is 5.86. The van der Waals surface area contributed by atoms with Crippen LogP contribution in [-0.2, 0) is 15.3 Å². The van der Waals surface area contributed by atoms with Gasteiger partial charge in [0.25, 0.3) is 0 Å². The zero-order valence-corrected chi connectivity index (χ0v) is 11.6. The molecule has 0 unspecified atom stereocenters. The number of fused-ring (bicyclic) bond motifs is 1. The van der Waals surface area contributed by atoms with Crippen molar-refractivity contribution in [2.24, 2.45) is 5.73 Å². The molecule has 2 N–H and O–H groups in total. The Hall–Kier alpha value is -1.42. The first-order valence-corrected chi connectivity index (χ1v) is 6.73. The summed E-state index contributed by atoms with van der Waals surface area (Å²) in [6.07, 6.45) is 0. The van der Waals surface area contributed by atoms with E-state index < -0.39 is 5.79 Å². The Kier molecular flexibility index (Phi) is 4.53. The molecule has 0 spiro atoms. The van der Waals surface area contributed by atoms with E-state index in [0.29, 0.717) is 19.8 Å². The molecule has 0 aliphatic heterocycles. The van der Waals surface area contributed by atoms with Gasteiger partial charge in [-0.15, -0.1) is 0 Å². The molecule has 0 atom stereocenters. The third-order valence-electron chi connectivity index (χ3n) is 3.22. The molecule has 0 saturated carbocycles. The SMILES string of the molecule is CCOC(CN)(OCC)c1cccc2ccccc12. The molecule has 2 aromatic rings. The lowest BCUT2D eigenvalue weighted by atomic mass is 9.97. The minimum atomic E-state index is -0.857. The summed E-state index contributed by atoms with van der Waals surface area (Å²) in [5, 5.41) is 2.29. The third-order valence-corrected chi connectivity index (χ3v) is 3.22. The molecule has 0 amide bonds. The third kappa shape index (κ3) is 2.63. The van der Waals surface area contributed by atoms with Crippen molar-refractivity contribution in [1.82, 2.24) is 0 Å². The first-order chi connectivity index (χ1) is 9.27. The van der Waals surface area contributed by atoms with Crippen LogP contribution in [0, 0.1) is 0 Å². The van der Waals surface area contributed by atoms with Crippen molar-refractivity contribution in [3.63, 3.8) is 0 Å². The highest BCUT2D eigenvalue weighted by Crippen LogP contribution is 2.32. The van der Waals surface area contributed by atoms with Crippen LogP contribution in [0.25, 0.3) is 10.8 Å². The minimum Gasteiger partial charge on any atom is -0.345 e. The van der Waals surface area contributed by atoms with Gasteiger partial charge < -0.3 is 15.2 Å². The van der Waals surface area contributed by atoms with Crippen LogP contribution in [0.15, 0.2) is 42.5 Å². The van der Waals surface area contributed by atoms with Crippen molar-refractivity contribution in [3.05, 3.63) is 48.0 Å². The van der Waals surface area contributed by atoms with Crippen molar-refractivity contribution >= 4 is 10.8 Å². The van der Waals surface area contributed by atoms with E-state index in [0.717, 1.165) is 16.3 Å². The zero-order chi connectivity index (χ0) is 13.7. The van der Waals surface area contributed by atoms with E-state index >= 15 is 0 Å². The van der Waals surface area contributed by atoms with E-state index in [1.807, 2.05) is 38.1 Å². The summed E-state index contributed by atoms with van der Waals surface area (Å²) in [6, 6.07) is 14.3. The summed E-state index contributed by atoms with van der Waals surface area (Å²) in [6.45, 7) is 5.31. The summed E-state index contributed by atoms with van der Waals surface area (Å²) < 4.78 is 11.7. The lowest BCUT2D eigenvalue weighted by Gasteiger charge is -2.33. The van der Waals surface area contributed by atoms with E-state index in [4.69, 9.17) is 15.2 Å². The van der Waals surface area contributed by atoms with Gasteiger partial charge in [-0.3, -0.25) is 0 Å². The molecule has 0 aromatic heterocycles. The minimum absolute atomic E-state index is 0.294. The number of nitrogens with two attached hydrogens (primary N) is 1.